The molecule has 0 bridgehead atoms. The Morgan fingerprint density at radius 3 is 2.35 bits per heavy atom. The standard InChI is InChI=1S/C22H24ClF3N2O2S/c1-13(20(30)28-18-9-8-14(23)10-17(18)22(24,25)26)31-16-7-5-6-15(11-16)27-19(29)12-21(2,3)4/h5-11,13H,12H2,1-4H3,(H,27,29)(H,28,30). The lowest BCUT2D eigenvalue weighted by Gasteiger charge is -2.18. The van der Waals surface area contributed by atoms with Crippen molar-refractivity contribution in [3.63, 3.8) is 0 Å². The SMILES string of the molecule is CC(Sc1cccc(NC(=O)CC(C)(C)C)c1)C(=O)Nc1ccc(Cl)cc1C(F)(F)F. The normalized spacial score (nSPS) is 12.9. The van der Waals surface area contributed by atoms with Gasteiger partial charge in [-0.3, -0.25) is 9.59 Å². The van der Waals surface area contributed by atoms with E-state index in [1.54, 1.807) is 31.2 Å². The third-order valence-corrected chi connectivity index (χ3v) is 5.36. The summed E-state index contributed by atoms with van der Waals surface area (Å²) in [5, 5.41) is 4.39. The highest BCUT2D eigenvalue weighted by Crippen LogP contribution is 2.37. The molecule has 0 aliphatic heterocycles. The van der Waals surface area contributed by atoms with E-state index in [0.29, 0.717) is 17.0 Å². The Labute approximate surface area is 188 Å². The summed E-state index contributed by atoms with van der Waals surface area (Å²) in [6.07, 6.45) is -4.30. The molecule has 2 rings (SSSR count). The topological polar surface area (TPSA) is 58.2 Å². The van der Waals surface area contributed by atoms with Crippen LogP contribution in [-0.2, 0) is 15.8 Å². The predicted molar refractivity (Wildman–Crippen MR) is 120 cm³/mol. The maximum Gasteiger partial charge on any atom is 0.418 e. The highest BCUT2D eigenvalue weighted by molar-refractivity contribution is 8.00. The van der Waals surface area contributed by atoms with Crippen LogP contribution in [0.4, 0.5) is 24.5 Å². The van der Waals surface area contributed by atoms with Crippen molar-refractivity contribution in [1.29, 1.82) is 0 Å². The number of amides is 2. The summed E-state index contributed by atoms with van der Waals surface area (Å²) in [6, 6.07) is 10.1. The fourth-order valence-corrected chi connectivity index (χ4v) is 3.78. The van der Waals surface area contributed by atoms with E-state index < -0.39 is 22.9 Å². The van der Waals surface area contributed by atoms with Gasteiger partial charge in [-0.25, -0.2) is 0 Å². The molecule has 0 heterocycles. The molecule has 31 heavy (non-hydrogen) atoms. The van der Waals surface area contributed by atoms with E-state index in [0.717, 1.165) is 12.1 Å². The maximum absolute atomic E-state index is 13.2. The van der Waals surface area contributed by atoms with E-state index in [-0.39, 0.29) is 22.0 Å². The molecular formula is C22H24ClF3N2O2S. The number of rotatable bonds is 6. The van der Waals surface area contributed by atoms with Gasteiger partial charge in [0.15, 0.2) is 0 Å². The number of carbonyl (C=O) groups excluding carboxylic acids is 2. The first-order chi connectivity index (χ1) is 14.2. The van der Waals surface area contributed by atoms with Crippen LogP contribution in [0.5, 0.6) is 0 Å². The van der Waals surface area contributed by atoms with Crippen LogP contribution in [0.25, 0.3) is 0 Å². The van der Waals surface area contributed by atoms with Crippen LogP contribution >= 0.6 is 23.4 Å². The second-order valence-electron chi connectivity index (χ2n) is 8.25. The van der Waals surface area contributed by atoms with Crippen LogP contribution in [0.1, 0.15) is 39.7 Å². The predicted octanol–water partition coefficient (Wildman–Crippen LogP) is 6.85. The number of thioether (sulfide) groups is 1. The number of carbonyl (C=O) groups is 2. The van der Waals surface area contributed by atoms with E-state index in [4.69, 9.17) is 11.6 Å². The van der Waals surface area contributed by atoms with Gasteiger partial charge in [0.1, 0.15) is 0 Å². The van der Waals surface area contributed by atoms with Gasteiger partial charge in [0.2, 0.25) is 11.8 Å². The van der Waals surface area contributed by atoms with Crippen molar-refractivity contribution in [3.05, 3.63) is 53.1 Å². The van der Waals surface area contributed by atoms with Crippen molar-refractivity contribution in [2.45, 2.75) is 50.4 Å². The monoisotopic (exact) mass is 472 g/mol. The fraction of sp³-hybridized carbons (Fsp3) is 0.364. The first-order valence-electron chi connectivity index (χ1n) is 9.49. The van der Waals surface area contributed by atoms with Crippen LogP contribution < -0.4 is 10.6 Å². The molecular weight excluding hydrogens is 449 g/mol. The smallest absolute Gasteiger partial charge is 0.326 e. The van der Waals surface area contributed by atoms with Gasteiger partial charge in [0, 0.05) is 22.0 Å². The molecule has 0 saturated carbocycles. The zero-order valence-electron chi connectivity index (χ0n) is 17.6. The molecule has 1 atom stereocenters. The van der Waals surface area contributed by atoms with Crippen LogP contribution in [0.3, 0.4) is 0 Å². The van der Waals surface area contributed by atoms with Gasteiger partial charge in [-0.05, 0) is 48.7 Å². The number of anilines is 2. The number of benzene rings is 2. The molecule has 4 nitrogen and oxygen atoms in total. The van der Waals surface area contributed by atoms with Crippen molar-refractivity contribution in [3.8, 4) is 0 Å². The van der Waals surface area contributed by atoms with Crippen molar-refractivity contribution in [2.24, 2.45) is 5.41 Å². The van der Waals surface area contributed by atoms with E-state index in [1.165, 1.54) is 17.8 Å². The lowest BCUT2D eigenvalue weighted by molar-refractivity contribution is -0.137. The van der Waals surface area contributed by atoms with Gasteiger partial charge in [-0.2, -0.15) is 13.2 Å². The molecule has 0 fully saturated rings. The Hall–Kier alpha value is -2.19. The zero-order valence-corrected chi connectivity index (χ0v) is 19.1. The van der Waals surface area contributed by atoms with Crippen LogP contribution in [-0.4, -0.2) is 17.1 Å². The lowest BCUT2D eigenvalue weighted by atomic mass is 9.92. The molecule has 0 saturated heterocycles. The summed E-state index contributed by atoms with van der Waals surface area (Å²) in [5.41, 5.74) is -0.921. The molecule has 9 heteroatoms. The largest absolute Gasteiger partial charge is 0.418 e. The number of hydrogen-bond donors (Lipinski definition) is 2. The Morgan fingerprint density at radius 1 is 1.06 bits per heavy atom. The molecule has 0 aliphatic rings. The minimum atomic E-state index is -4.65. The maximum atomic E-state index is 13.2. The first-order valence-corrected chi connectivity index (χ1v) is 10.7. The Balaban J connectivity index is 2.07. The fourth-order valence-electron chi connectivity index (χ4n) is 2.69. The third-order valence-electron chi connectivity index (χ3n) is 4.04. The molecule has 168 valence electrons. The second kappa shape index (κ2) is 9.96. The first kappa shape index (κ1) is 25.1. The number of hydrogen-bond acceptors (Lipinski definition) is 3. The number of nitrogens with one attached hydrogen (secondary N) is 2. The second-order valence-corrected chi connectivity index (χ2v) is 10.1. The van der Waals surface area contributed by atoms with Crippen molar-refractivity contribution >= 4 is 46.6 Å². The zero-order chi connectivity index (χ0) is 23.4. The third kappa shape index (κ3) is 8.10. The van der Waals surface area contributed by atoms with Crippen molar-refractivity contribution < 1.29 is 22.8 Å². The van der Waals surface area contributed by atoms with Crippen LogP contribution in [0.15, 0.2) is 47.4 Å². The molecule has 1 unspecified atom stereocenters. The average molecular weight is 473 g/mol. The van der Waals surface area contributed by atoms with Gasteiger partial charge >= 0.3 is 6.18 Å². The molecule has 2 aromatic carbocycles. The highest BCUT2D eigenvalue weighted by atomic mass is 35.5. The molecule has 2 amide bonds. The van der Waals surface area contributed by atoms with Crippen LogP contribution in [0.2, 0.25) is 5.02 Å². The summed E-state index contributed by atoms with van der Waals surface area (Å²) in [5.74, 6) is -0.706. The van der Waals surface area contributed by atoms with E-state index in [1.807, 2.05) is 20.8 Å². The quantitative estimate of drug-likeness (QED) is 0.452. The molecule has 0 aromatic heterocycles. The molecule has 0 spiro atoms. The summed E-state index contributed by atoms with van der Waals surface area (Å²) in [4.78, 5) is 25.3. The van der Waals surface area contributed by atoms with Crippen molar-refractivity contribution in [1.82, 2.24) is 0 Å². The van der Waals surface area contributed by atoms with Gasteiger partial charge < -0.3 is 10.6 Å². The summed E-state index contributed by atoms with van der Waals surface area (Å²) < 4.78 is 39.7. The molecule has 0 radical (unpaired) electrons. The van der Waals surface area contributed by atoms with Crippen molar-refractivity contribution in [2.75, 3.05) is 10.6 Å². The Morgan fingerprint density at radius 2 is 1.74 bits per heavy atom. The van der Waals surface area contributed by atoms with Gasteiger partial charge in [0.05, 0.1) is 16.5 Å². The summed E-state index contributed by atoms with van der Waals surface area (Å²) >= 11 is 6.84. The number of alkyl halides is 3. The summed E-state index contributed by atoms with van der Waals surface area (Å²) in [7, 11) is 0. The summed E-state index contributed by atoms with van der Waals surface area (Å²) in [6.45, 7) is 7.48. The Bertz CT molecular complexity index is 959. The van der Waals surface area contributed by atoms with E-state index >= 15 is 0 Å². The highest BCUT2D eigenvalue weighted by Gasteiger charge is 2.34. The van der Waals surface area contributed by atoms with Gasteiger partial charge in [0.25, 0.3) is 0 Å². The number of halogens is 4. The lowest BCUT2D eigenvalue weighted by Crippen LogP contribution is -2.24. The minimum absolute atomic E-state index is 0.0712. The molecule has 2 aromatic rings. The van der Waals surface area contributed by atoms with Crippen LogP contribution in [0, 0.1) is 5.41 Å². The van der Waals surface area contributed by atoms with E-state index in [2.05, 4.69) is 10.6 Å². The molecule has 2 N–H and O–H groups in total. The Kier molecular flexibility index (Phi) is 8.05. The molecule has 0 aliphatic carbocycles. The van der Waals surface area contributed by atoms with Gasteiger partial charge in [-0.15, -0.1) is 11.8 Å². The van der Waals surface area contributed by atoms with E-state index in [9.17, 15) is 22.8 Å². The minimum Gasteiger partial charge on any atom is -0.326 e. The van der Waals surface area contributed by atoms with Gasteiger partial charge in [-0.1, -0.05) is 38.4 Å². The average Bonchev–Trinajstić information content (AvgIpc) is 2.60.